The Labute approximate surface area is 113 Å². The van der Waals surface area contributed by atoms with Crippen molar-refractivity contribution in [3.63, 3.8) is 0 Å². The molecule has 0 aliphatic heterocycles. The maximum atomic E-state index is 5.77. The monoisotopic (exact) mass is 261 g/mol. The number of rotatable bonds is 6. The summed E-state index contributed by atoms with van der Waals surface area (Å²) in [6, 6.07) is 8.16. The molecule has 19 heavy (non-hydrogen) atoms. The number of hydrogen-bond donors (Lipinski definition) is 1. The van der Waals surface area contributed by atoms with Crippen molar-refractivity contribution >= 4 is 0 Å². The van der Waals surface area contributed by atoms with E-state index < -0.39 is 0 Å². The summed E-state index contributed by atoms with van der Waals surface area (Å²) < 4.78 is 10.9. The van der Waals surface area contributed by atoms with Crippen molar-refractivity contribution < 1.29 is 9.26 Å². The summed E-state index contributed by atoms with van der Waals surface area (Å²) in [7, 11) is 1.92. The van der Waals surface area contributed by atoms with Crippen molar-refractivity contribution in [2.75, 3.05) is 7.05 Å². The molecule has 0 fully saturated rings. The highest BCUT2D eigenvalue weighted by Crippen LogP contribution is 2.25. The van der Waals surface area contributed by atoms with E-state index in [9.17, 15) is 0 Å². The molecule has 2 rings (SSSR count). The highest BCUT2D eigenvalue weighted by Gasteiger charge is 2.11. The average molecular weight is 261 g/mol. The molecule has 1 aromatic carbocycles. The Kier molecular flexibility index (Phi) is 4.52. The van der Waals surface area contributed by atoms with Crippen molar-refractivity contribution in [1.82, 2.24) is 15.5 Å². The van der Waals surface area contributed by atoms with E-state index in [0.29, 0.717) is 18.3 Å². The SMILES string of the molecule is CCc1noc(COc2ccccc2C(C)NC)n1. The summed E-state index contributed by atoms with van der Waals surface area (Å²) in [5, 5.41) is 7.04. The van der Waals surface area contributed by atoms with E-state index in [2.05, 4.69) is 22.4 Å². The highest BCUT2D eigenvalue weighted by atomic mass is 16.5. The van der Waals surface area contributed by atoms with E-state index in [-0.39, 0.29) is 6.04 Å². The Bertz CT molecular complexity index is 525. The van der Waals surface area contributed by atoms with Crippen LogP contribution in [0, 0.1) is 0 Å². The highest BCUT2D eigenvalue weighted by molar-refractivity contribution is 5.35. The minimum Gasteiger partial charge on any atom is -0.483 e. The third-order valence-electron chi connectivity index (χ3n) is 3.00. The first kappa shape index (κ1) is 13.5. The Morgan fingerprint density at radius 2 is 2.16 bits per heavy atom. The van der Waals surface area contributed by atoms with Gasteiger partial charge >= 0.3 is 0 Å². The van der Waals surface area contributed by atoms with E-state index >= 15 is 0 Å². The normalized spacial score (nSPS) is 12.4. The van der Waals surface area contributed by atoms with Gasteiger partial charge in [-0.2, -0.15) is 4.98 Å². The third-order valence-corrected chi connectivity index (χ3v) is 3.00. The third kappa shape index (κ3) is 3.32. The Morgan fingerprint density at radius 1 is 1.37 bits per heavy atom. The van der Waals surface area contributed by atoms with Crippen LogP contribution in [0.1, 0.15) is 37.2 Å². The van der Waals surface area contributed by atoms with Gasteiger partial charge in [0.2, 0.25) is 0 Å². The number of ether oxygens (including phenoxy) is 1. The average Bonchev–Trinajstić information content (AvgIpc) is 2.92. The van der Waals surface area contributed by atoms with E-state index in [1.807, 2.05) is 38.2 Å². The van der Waals surface area contributed by atoms with Gasteiger partial charge in [-0.3, -0.25) is 0 Å². The van der Waals surface area contributed by atoms with Gasteiger partial charge in [0.15, 0.2) is 12.4 Å². The molecule has 1 aromatic heterocycles. The van der Waals surface area contributed by atoms with Gasteiger partial charge in [0, 0.05) is 18.0 Å². The van der Waals surface area contributed by atoms with E-state index in [1.165, 1.54) is 0 Å². The second-order valence-electron chi connectivity index (χ2n) is 4.29. The first-order valence-electron chi connectivity index (χ1n) is 6.45. The van der Waals surface area contributed by atoms with Crippen LogP contribution in [0.25, 0.3) is 0 Å². The number of nitrogens with zero attached hydrogens (tertiary/aromatic N) is 2. The summed E-state index contributed by atoms with van der Waals surface area (Å²) in [5.74, 6) is 2.04. The van der Waals surface area contributed by atoms with Gasteiger partial charge in [-0.25, -0.2) is 0 Å². The van der Waals surface area contributed by atoms with Crippen molar-refractivity contribution in [1.29, 1.82) is 0 Å². The molecule has 102 valence electrons. The predicted octanol–water partition coefficient (Wildman–Crippen LogP) is 2.49. The van der Waals surface area contributed by atoms with Crippen LogP contribution in [0.3, 0.4) is 0 Å². The Hall–Kier alpha value is -1.88. The van der Waals surface area contributed by atoms with Gasteiger partial charge in [-0.05, 0) is 20.0 Å². The number of benzene rings is 1. The summed E-state index contributed by atoms with van der Waals surface area (Å²) >= 11 is 0. The van der Waals surface area contributed by atoms with Gasteiger partial charge < -0.3 is 14.6 Å². The number of nitrogens with one attached hydrogen (secondary N) is 1. The fourth-order valence-electron chi connectivity index (χ4n) is 1.76. The molecule has 0 bridgehead atoms. The second-order valence-corrected chi connectivity index (χ2v) is 4.29. The fourth-order valence-corrected chi connectivity index (χ4v) is 1.76. The van der Waals surface area contributed by atoms with Crippen LogP contribution in [-0.2, 0) is 13.0 Å². The van der Waals surface area contributed by atoms with Crippen molar-refractivity contribution in [2.45, 2.75) is 32.9 Å². The molecule has 0 aliphatic rings. The molecule has 0 aliphatic carbocycles. The van der Waals surface area contributed by atoms with Gasteiger partial charge in [0.25, 0.3) is 5.89 Å². The zero-order valence-electron chi connectivity index (χ0n) is 11.5. The maximum Gasteiger partial charge on any atom is 0.264 e. The number of para-hydroxylation sites is 1. The molecule has 0 amide bonds. The predicted molar refractivity (Wildman–Crippen MR) is 71.9 cm³/mol. The lowest BCUT2D eigenvalue weighted by atomic mass is 10.1. The molecule has 1 atom stereocenters. The lowest BCUT2D eigenvalue weighted by molar-refractivity contribution is 0.239. The molecule has 1 unspecified atom stereocenters. The smallest absolute Gasteiger partial charge is 0.264 e. The van der Waals surface area contributed by atoms with Crippen molar-refractivity contribution in [3.8, 4) is 5.75 Å². The topological polar surface area (TPSA) is 60.2 Å². The lowest BCUT2D eigenvalue weighted by Crippen LogP contribution is -2.13. The fraction of sp³-hybridized carbons (Fsp3) is 0.429. The Morgan fingerprint density at radius 3 is 2.84 bits per heavy atom. The quantitative estimate of drug-likeness (QED) is 0.865. The summed E-state index contributed by atoms with van der Waals surface area (Å²) in [4.78, 5) is 4.22. The summed E-state index contributed by atoms with van der Waals surface area (Å²) in [6.07, 6.45) is 0.761. The van der Waals surface area contributed by atoms with Crippen LogP contribution in [0.2, 0.25) is 0 Å². The van der Waals surface area contributed by atoms with Crippen LogP contribution in [0.5, 0.6) is 5.75 Å². The van der Waals surface area contributed by atoms with Crippen LogP contribution < -0.4 is 10.1 Å². The van der Waals surface area contributed by atoms with Crippen LogP contribution in [0.4, 0.5) is 0 Å². The number of hydrogen-bond acceptors (Lipinski definition) is 5. The first-order chi connectivity index (χ1) is 9.24. The van der Waals surface area contributed by atoms with Gasteiger partial charge in [0.1, 0.15) is 5.75 Å². The van der Waals surface area contributed by atoms with E-state index in [4.69, 9.17) is 9.26 Å². The molecule has 0 saturated heterocycles. The molecule has 0 spiro atoms. The standard InChI is InChI=1S/C14H19N3O2/c1-4-13-16-14(19-17-13)9-18-12-8-6-5-7-11(12)10(2)15-3/h5-8,10,15H,4,9H2,1-3H3. The van der Waals surface area contributed by atoms with Gasteiger partial charge in [-0.15, -0.1) is 0 Å². The minimum atomic E-state index is 0.227. The number of aromatic nitrogens is 2. The van der Waals surface area contributed by atoms with Crippen LogP contribution in [-0.4, -0.2) is 17.2 Å². The van der Waals surface area contributed by atoms with Crippen molar-refractivity contribution in [2.24, 2.45) is 0 Å². The molecule has 5 nitrogen and oxygen atoms in total. The zero-order chi connectivity index (χ0) is 13.7. The molecular weight excluding hydrogens is 242 g/mol. The largest absolute Gasteiger partial charge is 0.483 e. The summed E-state index contributed by atoms with van der Waals surface area (Å²) in [6.45, 7) is 4.36. The first-order valence-corrected chi connectivity index (χ1v) is 6.45. The van der Waals surface area contributed by atoms with Crippen LogP contribution >= 0.6 is 0 Å². The van der Waals surface area contributed by atoms with E-state index in [0.717, 1.165) is 17.7 Å². The molecule has 1 N–H and O–H groups in total. The van der Waals surface area contributed by atoms with Crippen molar-refractivity contribution in [3.05, 3.63) is 41.5 Å². The second kappa shape index (κ2) is 6.33. The lowest BCUT2D eigenvalue weighted by Gasteiger charge is -2.15. The molecular formula is C14H19N3O2. The molecule has 5 heteroatoms. The maximum absolute atomic E-state index is 5.77. The van der Waals surface area contributed by atoms with Gasteiger partial charge in [-0.1, -0.05) is 30.3 Å². The Balaban J connectivity index is 2.06. The zero-order valence-corrected chi connectivity index (χ0v) is 11.5. The van der Waals surface area contributed by atoms with E-state index in [1.54, 1.807) is 0 Å². The van der Waals surface area contributed by atoms with Gasteiger partial charge in [0.05, 0.1) is 0 Å². The van der Waals surface area contributed by atoms with Crippen LogP contribution in [0.15, 0.2) is 28.8 Å². The summed E-state index contributed by atoms with van der Waals surface area (Å²) in [5.41, 5.74) is 1.11. The molecule has 0 radical (unpaired) electrons. The molecule has 2 aromatic rings. The minimum absolute atomic E-state index is 0.227. The molecule has 0 saturated carbocycles. The number of aryl methyl sites for hydroxylation is 1. The molecule has 1 heterocycles.